The van der Waals surface area contributed by atoms with Crippen LogP contribution in [0.15, 0.2) is 22.8 Å². The Morgan fingerprint density at radius 1 is 1.39 bits per heavy atom. The Labute approximate surface area is 108 Å². The first-order chi connectivity index (χ1) is 8.52. The number of rotatable bonds is 8. The molecule has 0 radical (unpaired) electrons. The molecule has 6 heteroatoms. The van der Waals surface area contributed by atoms with Crippen LogP contribution in [0, 0.1) is 5.92 Å². The normalized spacial score (nSPS) is 14.0. The maximum atomic E-state index is 12.0. The Kier molecular flexibility index (Phi) is 5.84. The van der Waals surface area contributed by atoms with Gasteiger partial charge in [-0.1, -0.05) is 26.7 Å². The molecule has 0 aromatic carbocycles. The first kappa shape index (κ1) is 15.2. The smallest absolute Gasteiger partial charge is 0.212 e. The minimum Gasteiger partial charge on any atom is -0.468 e. The van der Waals surface area contributed by atoms with E-state index in [9.17, 15) is 13.5 Å². The van der Waals surface area contributed by atoms with Crippen LogP contribution in [-0.2, 0) is 10.0 Å². The molecule has 5 nitrogen and oxygen atoms in total. The van der Waals surface area contributed by atoms with Gasteiger partial charge < -0.3 is 9.52 Å². The molecule has 1 heterocycles. The molecule has 0 saturated heterocycles. The minimum atomic E-state index is -3.41. The fourth-order valence-corrected chi connectivity index (χ4v) is 3.59. The average molecular weight is 275 g/mol. The van der Waals surface area contributed by atoms with Crippen molar-refractivity contribution in [3.05, 3.63) is 24.2 Å². The molecule has 1 rings (SSSR count). The van der Waals surface area contributed by atoms with Crippen LogP contribution < -0.4 is 4.72 Å². The third-order valence-corrected chi connectivity index (χ3v) is 4.55. The van der Waals surface area contributed by atoms with Crippen molar-refractivity contribution in [2.75, 3.05) is 12.4 Å². The molecule has 104 valence electrons. The van der Waals surface area contributed by atoms with Crippen molar-refractivity contribution in [2.45, 2.75) is 32.7 Å². The third kappa shape index (κ3) is 4.44. The molecule has 0 aliphatic rings. The second kappa shape index (κ2) is 6.92. The van der Waals surface area contributed by atoms with Gasteiger partial charge in [-0.25, -0.2) is 13.1 Å². The van der Waals surface area contributed by atoms with Crippen LogP contribution in [0.4, 0.5) is 0 Å². The van der Waals surface area contributed by atoms with Gasteiger partial charge in [0.1, 0.15) is 11.8 Å². The Hall–Kier alpha value is -0.850. The third-order valence-electron chi connectivity index (χ3n) is 3.00. The summed E-state index contributed by atoms with van der Waals surface area (Å²) in [5.41, 5.74) is 0. The summed E-state index contributed by atoms with van der Waals surface area (Å²) in [7, 11) is -3.41. The van der Waals surface area contributed by atoms with Gasteiger partial charge in [-0.3, -0.25) is 0 Å². The highest BCUT2D eigenvalue weighted by Crippen LogP contribution is 2.16. The Morgan fingerprint density at radius 3 is 2.50 bits per heavy atom. The average Bonchev–Trinajstić information content (AvgIpc) is 2.86. The maximum Gasteiger partial charge on any atom is 0.212 e. The van der Waals surface area contributed by atoms with Crippen LogP contribution in [0.3, 0.4) is 0 Å². The lowest BCUT2D eigenvalue weighted by molar-refractivity contribution is 0.241. The quantitative estimate of drug-likeness (QED) is 0.756. The highest BCUT2D eigenvalue weighted by atomic mass is 32.2. The summed E-state index contributed by atoms with van der Waals surface area (Å²) in [6.07, 6.45) is 3.09. The van der Waals surface area contributed by atoms with Crippen LogP contribution >= 0.6 is 0 Å². The summed E-state index contributed by atoms with van der Waals surface area (Å²) in [4.78, 5) is 0. The van der Waals surface area contributed by atoms with E-state index in [0.29, 0.717) is 5.76 Å². The van der Waals surface area contributed by atoms with Gasteiger partial charge in [0.2, 0.25) is 10.0 Å². The van der Waals surface area contributed by atoms with E-state index in [1.165, 1.54) is 6.26 Å². The molecule has 0 fully saturated rings. The largest absolute Gasteiger partial charge is 0.468 e. The lowest BCUT2D eigenvalue weighted by Crippen LogP contribution is -2.34. The fourth-order valence-electron chi connectivity index (χ4n) is 1.77. The SMILES string of the molecule is CCC(CC)CS(=O)(=O)NC(CO)c1ccco1. The maximum absolute atomic E-state index is 12.0. The van der Waals surface area contributed by atoms with Gasteiger partial charge in [0.25, 0.3) is 0 Å². The van der Waals surface area contributed by atoms with Crippen molar-refractivity contribution in [2.24, 2.45) is 5.92 Å². The standard InChI is InChI=1S/C12H21NO4S/c1-3-10(4-2)9-18(15,16)13-11(8-14)12-6-5-7-17-12/h5-7,10-11,13-14H,3-4,8-9H2,1-2H3. The zero-order valence-electron chi connectivity index (χ0n) is 10.8. The zero-order chi connectivity index (χ0) is 13.6. The summed E-state index contributed by atoms with van der Waals surface area (Å²) in [6, 6.07) is 2.59. The molecule has 1 aromatic rings. The number of furan rings is 1. The topological polar surface area (TPSA) is 79.5 Å². The van der Waals surface area contributed by atoms with E-state index < -0.39 is 16.1 Å². The minimum absolute atomic E-state index is 0.0806. The molecule has 2 N–H and O–H groups in total. The van der Waals surface area contributed by atoms with Gasteiger partial charge in [-0.15, -0.1) is 0 Å². The van der Waals surface area contributed by atoms with E-state index in [1.54, 1.807) is 12.1 Å². The van der Waals surface area contributed by atoms with Crippen LogP contribution in [0.2, 0.25) is 0 Å². The molecule has 1 unspecified atom stereocenters. The lowest BCUT2D eigenvalue weighted by atomic mass is 10.1. The van der Waals surface area contributed by atoms with Crippen molar-refractivity contribution >= 4 is 10.0 Å². The first-order valence-electron chi connectivity index (χ1n) is 6.16. The lowest BCUT2D eigenvalue weighted by Gasteiger charge is -2.17. The van der Waals surface area contributed by atoms with Gasteiger partial charge in [0.15, 0.2) is 0 Å². The van der Waals surface area contributed by atoms with Crippen LogP contribution in [0.5, 0.6) is 0 Å². The Morgan fingerprint density at radius 2 is 2.06 bits per heavy atom. The fraction of sp³-hybridized carbons (Fsp3) is 0.667. The Balaban J connectivity index is 2.69. The predicted octanol–water partition coefficient (Wildman–Crippen LogP) is 1.67. The summed E-state index contributed by atoms with van der Waals surface area (Å²) in [5.74, 6) is 0.640. The predicted molar refractivity (Wildman–Crippen MR) is 69.5 cm³/mol. The summed E-state index contributed by atoms with van der Waals surface area (Å²) in [5, 5.41) is 9.22. The second-order valence-corrected chi connectivity index (χ2v) is 6.13. The van der Waals surface area contributed by atoms with Crippen molar-refractivity contribution < 1.29 is 17.9 Å². The van der Waals surface area contributed by atoms with Crippen LogP contribution in [0.1, 0.15) is 38.5 Å². The van der Waals surface area contributed by atoms with Crippen molar-refractivity contribution in [1.29, 1.82) is 0 Å². The monoisotopic (exact) mass is 275 g/mol. The molecule has 1 aromatic heterocycles. The number of aliphatic hydroxyl groups is 1. The number of hydrogen-bond acceptors (Lipinski definition) is 4. The van der Waals surface area contributed by atoms with E-state index >= 15 is 0 Å². The number of hydrogen-bond donors (Lipinski definition) is 2. The van der Waals surface area contributed by atoms with E-state index in [-0.39, 0.29) is 18.3 Å². The van der Waals surface area contributed by atoms with Crippen LogP contribution in [-0.4, -0.2) is 25.9 Å². The molecule has 0 aliphatic carbocycles. The van der Waals surface area contributed by atoms with Crippen molar-refractivity contribution in [3.63, 3.8) is 0 Å². The molecular weight excluding hydrogens is 254 g/mol. The van der Waals surface area contributed by atoms with Gasteiger partial charge in [-0.2, -0.15) is 0 Å². The molecule has 18 heavy (non-hydrogen) atoms. The number of nitrogens with one attached hydrogen (secondary N) is 1. The first-order valence-corrected chi connectivity index (χ1v) is 7.81. The van der Waals surface area contributed by atoms with E-state index in [1.807, 2.05) is 13.8 Å². The summed E-state index contributed by atoms with van der Waals surface area (Å²) in [6.45, 7) is 3.62. The highest BCUT2D eigenvalue weighted by Gasteiger charge is 2.23. The highest BCUT2D eigenvalue weighted by molar-refractivity contribution is 7.89. The molecule has 0 aliphatic heterocycles. The van der Waals surface area contributed by atoms with Gasteiger partial charge in [-0.05, 0) is 18.1 Å². The molecule has 1 atom stereocenters. The molecule has 0 spiro atoms. The molecule has 0 saturated carbocycles. The number of aliphatic hydroxyl groups excluding tert-OH is 1. The second-order valence-electron chi connectivity index (χ2n) is 4.33. The molecule has 0 bridgehead atoms. The van der Waals surface area contributed by atoms with Gasteiger partial charge in [0.05, 0.1) is 18.6 Å². The zero-order valence-corrected chi connectivity index (χ0v) is 11.6. The van der Waals surface area contributed by atoms with Gasteiger partial charge >= 0.3 is 0 Å². The number of sulfonamides is 1. The summed E-state index contributed by atoms with van der Waals surface area (Å²) < 4.78 is 31.5. The van der Waals surface area contributed by atoms with E-state index in [4.69, 9.17) is 4.42 Å². The summed E-state index contributed by atoms with van der Waals surface area (Å²) >= 11 is 0. The van der Waals surface area contributed by atoms with Crippen molar-refractivity contribution in [3.8, 4) is 0 Å². The van der Waals surface area contributed by atoms with E-state index in [0.717, 1.165) is 12.8 Å². The molecular formula is C12H21NO4S. The van der Waals surface area contributed by atoms with Gasteiger partial charge in [0, 0.05) is 0 Å². The van der Waals surface area contributed by atoms with Crippen LogP contribution in [0.25, 0.3) is 0 Å². The van der Waals surface area contributed by atoms with E-state index in [2.05, 4.69) is 4.72 Å². The van der Waals surface area contributed by atoms with Crippen molar-refractivity contribution in [1.82, 2.24) is 4.72 Å². The Bertz CT molecular complexity index is 423. The molecule has 0 amide bonds.